The summed E-state index contributed by atoms with van der Waals surface area (Å²) in [6.45, 7) is 9.32. The lowest BCUT2D eigenvalue weighted by Gasteiger charge is -2.30. The van der Waals surface area contributed by atoms with Crippen molar-refractivity contribution in [2.75, 3.05) is 18.4 Å². The SMILES string of the molecule is CCN(CC(=O)Nc1cc(Cl)ccc1F)C(C)C(C)C. The predicted octanol–water partition coefficient (Wildman–Crippen LogP) is 3.78. The smallest absolute Gasteiger partial charge is 0.238 e. The van der Waals surface area contributed by atoms with Crippen molar-refractivity contribution in [2.24, 2.45) is 5.92 Å². The molecule has 1 N–H and O–H groups in total. The van der Waals surface area contributed by atoms with E-state index >= 15 is 0 Å². The van der Waals surface area contributed by atoms with Gasteiger partial charge >= 0.3 is 0 Å². The summed E-state index contributed by atoms with van der Waals surface area (Å²) in [5.41, 5.74) is 0.121. The average molecular weight is 301 g/mol. The first kappa shape index (κ1) is 16.9. The minimum absolute atomic E-state index is 0.121. The van der Waals surface area contributed by atoms with Crippen molar-refractivity contribution in [3.63, 3.8) is 0 Å². The van der Waals surface area contributed by atoms with Crippen molar-refractivity contribution in [3.8, 4) is 0 Å². The molecule has 0 saturated heterocycles. The van der Waals surface area contributed by atoms with Crippen LogP contribution in [0.2, 0.25) is 5.02 Å². The molecule has 0 bridgehead atoms. The Bertz CT molecular complexity index is 465. The van der Waals surface area contributed by atoms with E-state index in [9.17, 15) is 9.18 Å². The zero-order chi connectivity index (χ0) is 15.3. The first-order valence-corrected chi connectivity index (χ1v) is 7.21. The molecule has 0 fully saturated rings. The van der Waals surface area contributed by atoms with Crippen LogP contribution < -0.4 is 5.32 Å². The van der Waals surface area contributed by atoms with Crippen molar-refractivity contribution < 1.29 is 9.18 Å². The fourth-order valence-corrected chi connectivity index (χ4v) is 2.10. The standard InChI is InChI=1S/C15H22ClFN2O/c1-5-19(11(4)10(2)3)9-15(20)18-14-8-12(16)6-7-13(14)17/h6-8,10-11H,5,9H2,1-4H3,(H,18,20). The lowest BCUT2D eigenvalue weighted by Crippen LogP contribution is -2.41. The van der Waals surface area contributed by atoms with E-state index in [1.807, 2.05) is 6.92 Å². The van der Waals surface area contributed by atoms with E-state index < -0.39 is 5.82 Å². The van der Waals surface area contributed by atoms with Crippen molar-refractivity contribution in [2.45, 2.75) is 33.7 Å². The number of anilines is 1. The van der Waals surface area contributed by atoms with Gasteiger partial charge in [0.2, 0.25) is 5.91 Å². The molecule has 0 aliphatic carbocycles. The topological polar surface area (TPSA) is 32.3 Å². The maximum absolute atomic E-state index is 13.5. The Morgan fingerprint density at radius 1 is 1.40 bits per heavy atom. The van der Waals surface area contributed by atoms with E-state index in [2.05, 4.69) is 31.0 Å². The summed E-state index contributed by atoms with van der Waals surface area (Å²) in [6.07, 6.45) is 0. The van der Waals surface area contributed by atoms with Crippen LogP contribution in [-0.4, -0.2) is 29.9 Å². The second kappa shape index (κ2) is 7.60. The molecule has 1 aromatic rings. The van der Waals surface area contributed by atoms with Gasteiger partial charge in [-0.1, -0.05) is 32.4 Å². The minimum Gasteiger partial charge on any atom is -0.322 e. The summed E-state index contributed by atoms with van der Waals surface area (Å²) < 4.78 is 13.5. The van der Waals surface area contributed by atoms with Crippen LogP contribution in [0.1, 0.15) is 27.7 Å². The van der Waals surface area contributed by atoms with Crippen molar-refractivity contribution in [1.82, 2.24) is 4.90 Å². The Morgan fingerprint density at radius 2 is 2.05 bits per heavy atom. The minimum atomic E-state index is -0.484. The number of carbonyl (C=O) groups excluding carboxylic acids is 1. The molecule has 0 aliphatic heterocycles. The van der Waals surface area contributed by atoms with Gasteiger partial charge in [0.15, 0.2) is 0 Å². The Hall–Kier alpha value is -1.13. The van der Waals surface area contributed by atoms with Gasteiger partial charge in [-0.3, -0.25) is 9.69 Å². The molecule has 5 heteroatoms. The highest BCUT2D eigenvalue weighted by molar-refractivity contribution is 6.30. The number of benzene rings is 1. The molecule has 112 valence electrons. The summed E-state index contributed by atoms with van der Waals surface area (Å²) in [4.78, 5) is 14.1. The van der Waals surface area contributed by atoms with E-state index in [4.69, 9.17) is 11.6 Å². The average Bonchev–Trinajstić information content (AvgIpc) is 2.39. The molecule has 0 radical (unpaired) electrons. The van der Waals surface area contributed by atoms with Crippen LogP contribution in [-0.2, 0) is 4.79 Å². The van der Waals surface area contributed by atoms with Gasteiger partial charge in [-0.15, -0.1) is 0 Å². The van der Waals surface area contributed by atoms with Crippen LogP contribution in [0.4, 0.5) is 10.1 Å². The molecule has 1 rings (SSSR count). The van der Waals surface area contributed by atoms with Crippen LogP contribution in [0.3, 0.4) is 0 Å². The largest absolute Gasteiger partial charge is 0.322 e. The van der Waals surface area contributed by atoms with E-state index in [-0.39, 0.29) is 24.2 Å². The van der Waals surface area contributed by atoms with E-state index in [0.29, 0.717) is 10.9 Å². The molecule has 0 heterocycles. The molecule has 1 aromatic carbocycles. The zero-order valence-electron chi connectivity index (χ0n) is 12.4. The number of hydrogen-bond acceptors (Lipinski definition) is 2. The highest BCUT2D eigenvalue weighted by Gasteiger charge is 2.19. The van der Waals surface area contributed by atoms with Gasteiger partial charge in [0.1, 0.15) is 5.82 Å². The number of likely N-dealkylation sites (N-methyl/N-ethyl adjacent to an activating group) is 1. The molecule has 1 atom stereocenters. The number of hydrogen-bond donors (Lipinski definition) is 1. The Balaban J connectivity index is 2.69. The summed E-state index contributed by atoms with van der Waals surface area (Å²) in [7, 11) is 0. The fourth-order valence-electron chi connectivity index (χ4n) is 1.93. The molecular weight excluding hydrogens is 279 g/mol. The van der Waals surface area contributed by atoms with Gasteiger partial charge in [0.25, 0.3) is 0 Å². The second-order valence-corrected chi connectivity index (χ2v) is 5.66. The zero-order valence-corrected chi connectivity index (χ0v) is 13.2. The molecule has 3 nitrogen and oxygen atoms in total. The third-order valence-electron chi connectivity index (χ3n) is 3.50. The molecule has 20 heavy (non-hydrogen) atoms. The summed E-state index contributed by atoms with van der Waals surface area (Å²) in [5, 5.41) is 2.96. The van der Waals surface area contributed by atoms with Crippen LogP contribution in [0.25, 0.3) is 0 Å². The van der Waals surface area contributed by atoms with E-state index in [1.165, 1.54) is 18.2 Å². The first-order chi connectivity index (χ1) is 9.35. The molecule has 1 amide bonds. The van der Waals surface area contributed by atoms with Gasteiger partial charge in [-0.25, -0.2) is 4.39 Å². The number of amides is 1. The number of halogens is 2. The van der Waals surface area contributed by atoms with Gasteiger partial charge < -0.3 is 5.32 Å². The lowest BCUT2D eigenvalue weighted by atomic mass is 10.0. The van der Waals surface area contributed by atoms with Crippen molar-refractivity contribution in [3.05, 3.63) is 29.0 Å². The second-order valence-electron chi connectivity index (χ2n) is 5.22. The van der Waals surface area contributed by atoms with Crippen LogP contribution in [0.15, 0.2) is 18.2 Å². The molecule has 0 aliphatic rings. The molecule has 1 unspecified atom stereocenters. The van der Waals surface area contributed by atoms with Gasteiger partial charge in [-0.2, -0.15) is 0 Å². The normalized spacial score (nSPS) is 12.8. The molecule has 0 aromatic heterocycles. The van der Waals surface area contributed by atoms with Gasteiger partial charge in [0.05, 0.1) is 12.2 Å². The van der Waals surface area contributed by atoms with Gasteiger partial charge in [0, 0.05) is 11.1 Å². The lowest BCUT2D eigenvalue weighted by molar-refractivity contribution is -0.118. The quantitative estimate of drug-likeness (QED) is 0.867. The predicted molar refractivity (Wildman–Crippen MR) is 81.6 cm³/mol. The molecular formula is C15H22ClFN2O. The number of rotatable bonds is 6. The summed E-state index contributed by atoms with van der Waals surface area (Å²) in [5.74, 6) is -0.270. The molecule has 0 saturated carbocycles. The maximum atomic E-state index is 13.5. The maximum Gasteiger partial charge on any atom is 0.238 e. The highest BCUT2D eigenvalue weighted by Crippen LogP contribution is 2.19. The van der Waals surface area contributed by atoms with Gasteiger partial charge in [-0.05, 0) is 37.6 Å². The number of carbonyl (C=O) groups is 1. The van der Waals surface area contributed by atoms with E-state index in [0.717, 1.165) is 6.54 Å². The van der Waals surface area contributed by atoms with Crippen molar-refractivity contribution >= 4 is 23.2 Å². The Labute approximate surface area is 125 Å². The fraction of sp³-hybridized carbons (Fsp3) is 0.533. The van der Waals surface area contributed by atoms with Crippen LogP contribution in [0.5, 0.6) is 0 Å². The molecule has 0 spiro atoms. The van der Waals surface area contributed by atoms with Crippen molar-refractivity contribution in [1.29, 1.82) is 0 Å². The third kappa shape index (κ3) is 4.76. The monoisotopic (exact) mass is 300 g/mol. The Morgan fingerprint density at radius 3 is 2.60 bits per heavy atom. The Kier molecular flexibility index (Phi) is 6.43. The van der Waals surface area contributed by atoms with E-state index in [1.54, 1.807) is 0 Å². The van der Waals surface area contributed by atoms with Crippen LogP contribution in [0, 0.1) is 11.7 Å². The van der Waals surface area contributed by atoms with Crippen LogP contribution >= 0.6 is 11.6 Å². The number of nitrogens with one attached hydrogen (secondary N) is 1. The third-order valence-corrected chi connectivity index (χ3v) is 3.73. The summed E-state index contributed by atoms with van der Waals surface area (Å²) in [6, 6.07) is 4.39. The number of nitrogens with zero attached hydrogens (tertiary/aromatic N) is 1. The summed E-state index contributed by atoms with van der Waals surface area (Å²) >= 11 is 5.80. The first-order valence-electron chi connectivity index (χ1n) is 6.84. The highest BCUT2D eigenvalue weighted by atomic mass is 35.5.